The minimum absolute atomic E-state index is 0.230. The fourth-order valence-electron chi connectivity index (χ4n) is 1.32. The van der Waals surface area contributed by atoms with Crippen molar-refractivity contribution in [2.75, 3.05) is 7.05 Å². The van der Waals surface area contributed by atoms with E-state index in [0.717, 1.165) is 5.52 Å². The highest BCUT2D eigenvalue weighted by Crippen LogP contribution is 2.05. The third kappa shape index (κ3) is 1.19. The number of H-pyrrole nitrogens is 1. The van der Waals surface area contributed by atoms with Crippen molar-refractivity contribution in [2.45, 2.75) is 0 Å². The van der Waals surface area contributed by atoms with Gasteiger partial charge in [-0.2, -0.15) is 0 Å². The van der Waals surface area contributed by atoms with Gasteiger partial charge in [0.1, 0.15) is 5.69 Å². The highest BCUT2D eigenvalue weighted by atomic mass is 16.2. The third-order valence-electron chi connectivity index (χ3n) is 2.00. The Morgan fingerprint density at radius 1 is 1.36 bits per heavy atom. The Hall–Kier alpha value is -2.04. The third-order valence-corrected chi connectivity index (χ3v) is 2.00. The number of hydrogen-bond acceptors (Lipinski definition) is 2. The summed E-state index contributed by atoms with van der Waals surface area (Å²) in [4.78, 5) is 22.4. The SMILES string of the molecule is CNC(=O)c1ccc2ccc(=O)[nH]n12. The Kier molecular flexibility index (Phi) is 1.85. The van der Waals surface area contributed by atoms with E-state index in [0.29, 0.717) is 5.69 Å². The van der Waals surface area contributed by atoms with Gasteiger partial charge >= 0.3 is 0 Å². The van der Waals surface area contributed by atoms with Crippen molar-refractivity contribution in [1.29, 1.82) is 0 Å². The number of carbonyl (C=O) groups is 1. The molecule has 72 valence electrons. The maximum Gasteiger partial charge on any atom is 0.269 e. The minimum Gasteiger partial charge on any atom is -0.354 e. The lowest BCUT2D eigenvalue weighted by molar-refractivity contribution is 0.0956. The van der Waals surface area contributed by atoms with Gasteiger partial charge in [0.2, 0.25) is 0 Å². The maximum absolute atomic E-state index is 11.3. The van der Waals surface area contributed by atoms with E-state index in [4.69, 9.17) is 0 Å². The van der Waals surface area contributed by atoms with E-state index >= 15 is 0 Å². The molecule has 2 aromatic rings. The van der Waals surface area contributed by atoms with Crippen LogP contribution in [0.3, 0.4) is 0 Å². The van der Waals surface area contributed by atoms with E-state index in [2.05, 4.69) is 10.4 Å². The Morgan fingerprint density at radius 2 is 2.07 bits per heavy atom. The van der Waals surface area contributed by atoms with E-state index in [-0.39, 0.29) is 11.5 Å². The van der Waals surface area contributed by atoms with Crippen LogP contribution in [0.1, 0.15) is 10.5 Å². The average molecular weight is 191 g/mol. The molecule has 2 heterocycles. The molecule has 5 nitrogen and oxygen atoms in total. The fourth-order valence-corrected chi connectivity index (χ4v) is 1.32. The lowest BCUT2D eigenvalue weighted by Crippen LogP contribution is -2.22. The zero-order chi connectivity index (χ0) is 10.1. The van der Waals surface area contributed by atoms with Crippen LogP contribution in [0.2, 0.25) is 0 Å². The smallest absolute Gasteiger partial charge is 0.269 e. The Bertz CT molecular complexity index is 538. The summed E-state index contributed by atoms with van der Waals surface area (Å²) in [5, 5.41) is 5.05. The second kappa shape index (κ2) is 3.02. The zero-order valence-corrected chi connectivity index (χ0v) is 7.57. The van der Waals surface area contributed by atoms with Crippen LogP contribution in [0.4, 0.5) is 0 Å². The van der Waals surface area contributed by atoms with Gasteiger partial charge in [-0.15, -0.1) is 0 Å². The molecule has 0 atom stereocenters. The van der Waals surface area contributed by atoms with Crippen LogP contribution in [-0.2, 0) is 0 Å². The molecule has 0 aromatic carbocycles. The van der Waals surface area contributed by atoms with E-state index in [1.54, 1.807) is 25.2 Å². The predicted octanol–water partition coefficient (Wildman–Crippen LogP) is -0.0128. The number of aromatic amines is 1. The lowest BCUT2D eigenvalue weighted by atomic mass is 10.4. The molecule has 5 heteroatoms. The number of carbonyl (C=O) groups excluding carboxylic acids is 1. The van der Waals surface area contributed by atoms with E-state index in [1.807, 2.05) is 0 Å². The molecule has 0 saturated heterocycles. The summed E-state index contributed by atoms with van der Waals surface area (Å²) in [6, 6.07) is 6.50. The molecular weight excluding hydrogens is 182 g/mol. The second-order valence-electron chi connectivity index (χ2n) is 2.87. The Balaban J connectivity index is 2.73. The first-order valence-electron chi connectivity index (χ1n) is 4.15. The molecular formula is C9H9N3O2. The van der Waals surface area contributed by atoms with Crippen LogP contribution >= 0.6 is 0 Å². The van der Waals surface area contributed by atoms with Crippen LogP contribution < -0.4 is 10.9 Å². The van der Waals surface area contributed by atoms with Crippen LogP contribution in [-0.4, -0.2) is 22.6 Å². The molecule has 0 fully saturated rings. The molecule has 0 aliphatic carbocycles. The highest BCUT2D eigenvalue weighted by Gasteiger charge is 2.08. The van der Waals surface area contributed by atoms with Crippen molar-refractivity contribution in [3.05, 3.63) is 40.3 Å². The largest absolute Gasteiger partial charge is 0.354 e. The molecule has 1 amide bonds. The van der Waals surface area contributed by atoms with E-state index in [1.165, 1.54) is 10.6 Å². The van der Waals surface area contributed by atoms with Gasteiger partial charge in [0.05, 0.1) is 5.52 Å². The number of amides is 1. The zero-order valence-electron chi connectivity index (χ0n) is 7.57. The predicted molar refractivity (Wildman–Crippen MR) is 51.4 cm³/mol. The molecule has 0 unspecified atom stereocenters. The molecule has 2 N–H and O–H groups in total. The molecule has 0 saturated carbocycles. The molecule has 0 radical (unpaired) electrons. The molecule has 0 bridgehead atoms. The van der Waals surface area contributed by atoms with Crippen molar-refractivity contribution in [3.63, 3.8) is 0 Å². The quantitative estimate of drug-likeness (QED) is 0.665. The van der Waals surface area contributed by atoms with Gasteiger partial charge in [-0.1, -0.05) is 0 Å². The summed E-state index contributed by atoms with van der Waals surface area (Å²) >= 11 is 0. The minimum atomic E-state index is -0.237. The first-order chi connectivity index (χ1) is 6.72. The first kappa shape index (κ1) is 8.55. The van der Waals surface area contributed by atoms with Gasteiger partial charge in [-0.3, -0.25) is 14.7 Å². The summed E-state index contributed by atoms with van der Waals surface area (Å²) in [6.07, 6.45) is 0. The van der Waals surface area contributed by atoms with Gasteiger partial charge < -0.3 is 5.32 Å². The number of nitrogens with one attached hydrogen (secondary N) is 2. The number of rotatable bonds is 1. The summed E-state index contributed by atoms with van der Waals surface area (Å²) in [6.45, 7) is 0. The van der Waals surface area contributed by atoms with E-state index < -0.39 is 0 Å². The highest BCUT2D eigenvalue weighted by molar-refractivity contribution is 5.93. The number of aromatic nitrogens is 2. The lowest BCUT2D eigenvalue weighted by Gasteiger charge is -1.99. The van der Waals surface area contributed by atoms with Gasteiger partial charge in [-0.05, 0) is 18.2 Å². The van der Waals surface area contributed by atoms with Crippen molar-refractivity contribution in [2.24, 2.45) is 0 Å². The summed E-state index contributed by atoms with van der Waals surface area (Å²) in [5.74, 6) is -0.230. The summed E-state index contributed by atoms with van der Waals surface area (Å²) in [5.41, 5.74) is 0.960. The van der Waals surface area contributed by atoms with Crippen molar-refractivity contribution in [3.8, 4) is 0 Å². The topological polar surface area (TPSA) is 66.4 Å². The normalized spacial score (nSPS) is 10.4. The summed E-state index contributed by atoms with van der Waals surface area (Å²) < 4.78 is 1.46. The van der Waals surface area contributed by atoms with Gasteiger partial charge in [0, 0.05) is 13.1 Å². The number of hydrogen-bond donors (Lipinski definition) is 2. The van der Waals surface area contributed by atoms with Gasteiger partial charge in [0.15, 0.2) is 0 Å². The number of nitrogens with zero attached hydrogens (tertiary/aromatic N) is 1. The molecule has 0 spiro atoms. The second-order valence-corrected chi connectivity index (χ2v) is 2.87. The van der Waals surface area contributed by atoms with E-state index in [9.17, 15) is 9.59 Å². The maximum atomic E-state index is 11.3. The first-order valence-corrected chi connectivity index (χ1v) is 4.15. The van der Waals surface area contributed by atoms with Crippen molar-refractivity contribution in [1.82, 2.24) is 14.9 Å². The number of fused-ring (bicyclic) bond motifs is 1. The monoisotopic (exact) mass is 191 g/mol. The summed E-state index contributed by atoms with van der Waals surface area (Å²) in [7, 11) is 1.54. The Morgan fingerprint density at radius 3 is 2.79 bits per heavy atom. The van der Waals surface area contributed by atoms with Crippen LogP contribution in [0.15, 0.2) is 29.1 Å². The average Bonchev–Trinajstić information content (AvgIpc) is 2.59. The van der Waals surface area contributed by atoms with Gasteiger partial charge in [0.25, 0.3) is 11.5 Å². The molecule has 0 aliphatic heterocycles. The van der Waals surface area contributed by atoms with Crippen LogP contribution in [0.25, 0.3) is 5.52 Å². The van der Waals surface area contributed by atoms with Crippen LogP contribution in [0, 0.1) is 0 Å². The van der Waals surface area contributed by atoms with Crippen molar-refractivity contribution < 1.29 is 4.79 Å². The molecule has 0 aliphatic rings. The molecule has 2 aromatic heterocycles. The fraction of sp³-hybridized carbons (Fsp3) is 0.111. The standard InChI is InChI=1S/C9H9N3O2/c1-10-9(14)7-4-2-6-3-5-8(13)11-12(6)7/h2-5H,1H3,(H,10,14)(H,11,13). The van der Waals surface area contributed by atoms with Crippen molar-refractivity contribution >= 4 is 11.4 Å². The molecule has 2 rings (SSSR count). The Labute approximate surface area is 79.3 Å². The van der Waals surface area contributed by atoms with Crippen LogP contribution in [0.5, 0.6) is 0 Å². The molecule has 14 heavy (non-hydrogen) atoms. The van der Waals surface area contributed by atoms with Gasteiger partial charge in [-0.25, -0.2) is 4.52 Å².